The highest BCUT2D eigenvalue weighted by atomic mass is 16.3. The first-order valence-corrected chi connectivity index (χ1v) is 4.33. The molecule has 0 spiro atoms. The average molecular weight is 174 g/mol. The molecule has 1 heterocycles. The maximum absolute atomic E-state index is 9.09. The summed E-state index contributed by atoms with van der Waals surface area (Å²) in [5.41, 5.74) is 2.26. The molecule has 0 saturated heterocycles. The zero-order chi connectivity index (χ0) is 9.26. The smallest absolute Gasteiger partial charge is 0.119 e. The van der Waals surface area contributed by atoms with Crippen LogP contribution in [0.25, 0.3) is 10.9 Å². The molecule has 0 atom stereocenters. The van der Waals surface area contributed by atoms with E-state index in [4.69, 9.17) is 5.11 Å². The van der Waals surface area contributed by atoms with Crippen LogP contribution in [0.15, 0.2) is 30.5 Å². The Morgan fingerprint density at radius 1 is 1.31 bits per heavy atom. The molecule has 0 fully saturated rings. The number of rotatable bonds is 2. The topological polar surface area (TPSA) is 25.2 Å². The summed E-state index contributed by atoms with van der Waals surface area (Å²) in [5.74, 6) is 0. The Balaban J connectivity index is 2.74. The van der Waals surface area contributed by atoms with Crippen LogP contribution in [0, 0.1) is 6.92 Å². The molecule has 2 heteroatoms. The number of fused-ring (bicyclic) bond motifs is 1. The second kappa shape index (κ2) is 3.23. The van der Waals surface area contributed by atoms with E-state index < -0.39 is 0 Å². The summed E-state index contributed by atoms with van der Waals surface area (Å²) >= 11 is 0. The van der Waals surface area contributed by atoms with Crippen LogP contribution in [0.5, 0.6) is 0 Å². The van der Waals surface area contributed by atoms with Crippen molar-refractivity contribution >= 4 is 10.9 Å². The molecule has 0 bridgehead atoms. The van der Waals surface area contributed by atoms with E-state index >= 15 is 0 Å². The van der Waals surface area contributed by atoms with Gasteiger partial charge in [0.1, 0.15) is 6.73 Å². The molecular weight excluding hydrogens is 162 g/mol. The van der Waals surface area contributed by atoms with Gasteiger partial charge in [-0.1, -0.05) is 18.2 Å². The van der Waals surface area contributed by atoms with Gasteiger partial charge in [0, 0.05) is 11.6 Å². The molecule has 1 N–H and O–H groups in total. The largest absolute Gasteiger partial charge is 0.376 e. The van der Waals surface area contributed by atoms with E-state index in [1.54, 1.807) is 0 Å². The van der Waals surface area contributed by atoms with Crippen LogP contribution in [0.1, 0.15) is 5.56 Å². The Hall–Kier alpha value is -1.28. The Morgan fingerprint density at radius 3 is 2.77 bits per heavy atom. The lowest BCUT2D eigenvalue weighted by atomic mass is 10.1. The molecule has 1 aromatic carbocycles. The second-order valence-corrected chi connectivity index (χ2v) is 3.03. The summed E-state index contributed by atoms with van der Waals surface area (Å²) in [4.78, 5) is 0. The number of aromatic nitrogens is 1. The first-order chi connectivity index (χ1) is 6.36. The van der Waals surface area contributed by atoms with Gasteiger partial charge in [-0.25, -0.2) is 0 Å². The molecular formula is C11H12NO. The predicted octanol–water partition coefficient (Wildman–Crippen LogP) is 1.97. The third-order valence-corrected chi connectivity index (χ3v) is 2.29. The van der Waals surface area contributed by atoms with Crippen molar-refractivity contribution in [3.05, 3.63) is 42.9 Å². The lowest BCUT2D eigenvalue weighted by molar-refractivity contribution is 0.215. The molecule has 13 heavy (non-hydrogen) atoms. The molecule has 0 aliphatic carbocycles. The molecule has 2 nitrogen and oxygen atoms in total. The fraction of sp³-hybridized carbons (Fsp3) is 0.182. The van der Waals surface area contributed by atoms with E-state index in [2.05, 4.69) is 13.0 Å². The van der Waals surface area contributed by atoms with Gasteiger partial charge in [-0.3, -0.25) is 0 Å². The quantitative estimate of drug-likeness (QED) is 0.739. The lowest BCUT2D eigenvalue weighted by Crippen LogP contribution is -1.92. The first-order valence-electron chi connectivity index (χ1n) is 4.33. The third kappa shape index (κ3) is 1.23. The number of aliphatic hydroxyl groups is 1. The Bertz CT molecular complexity index is 379. The molecule has 67 valence electrons. The molecule has 0 aliphatic heterocycles. The second-order valence-electron chi connectivity index (χ2n) is 3.03. The maximum Gasteiger partial charge on any atom is 0.119 e. The number of hydrogen-bond acceptors (Lipinski definition) is 1. The minimum absolute atomic E-state index is 0.0283. The van der Waals surface area contributed by atoms with Crippen molar-refractivity contribution in [2.45, 2.75) is 13.2 Å². The van der Waals surface area contributed by atoms with Crippen LogP contribution in [0.2, 0.25) is 0 Å². The van der Waals surface area contributed by atoms with Crippen molar-refractivity contribution in [3.63, 3.8) is 0 Å². The summed E-state index contributed by atoms with van der Waals surface area (Å²) in [6.45, 7) is 3.89. The van der Waals surface area contributed by atoms with E-state index in [1.165, 1.54) is 10.9 Å². The van der Waals surface area contributed by atoms with Crippen LogP contribution in [0.3, 0.4) is 0 Å². The maximum atomic E-state index is 9.09. The van der Waals surface area contributed by atoms with E-state index in [9.17, 15) is 0 Å². The lowest BCUT2D eigenvalue weighted by Gasteiger charge is -1.97. The summed E-state index contributed by atoms with van der Waals surface area (Å²) in [7, 11) is 0. The van der Waals surface area contributed by atoms with E-state index in [0.29, 0.717) is 0 Å². The molecule has 2 aromatic rings. The normalized spacial score (nSPS) is 10.9. The minimum Gasteiger partial charge on any atom is -0.376 e. The molecule has 0 amide bonds. The Kier molecular flexibility index (Phi) is 2.07. The minimum atomic E-state index is 0.0283. The van der Waals surface area contributed by atoms with E-state index in [-0.39, 0.29) is 6.73 Å². The molecule has 1 aromatic heterocycles. The highest BCUT2D eigenvalue weighted by molar-refractivity contribution is 5.83. The zero-order valence-corrected chi connectivity index (χ0v) is 7.40. The number of benzene rings is 1. The van der Waals surface area contributed by atoms with Crippen LogP contribution in [-0.2, 0) is 13.2 Å². The summed E-state index contributed by atoms with van der Waals surface area (Å²) in [5, 5.41) is 10.3. The fourth-order valence-corrected chi connectivity index (χ4v) is 1.64. The predicted molar refractivity (Wildman–Crippen MR) is 53.2 cm³/mol. The van der Waals surface area contributed by atoms with Crippen LogP contribution in [0.4, 0.5) is 0 Å². The van der Waals surface area contributed by atoms with Gasteiger partial charge in [0.2, 0.25) is 0 Å². The van der Waals surface area contributed by atoms with E-state index in [0.717, 1.165) is 11.9 Å². The average Bonchev–Trinajstić information content (AvgIpc) is 2.56. The van der Waals surface area contributed by atoms with Gasteiger partial charge in [-0.2, -0.15) is 0 Å². The van der Waals surface area contributed by atoms with Crippen molar-refractivity contribution < 1.29 is 5.11 Å². The number of nitrogens with zero attached hydrogens (tertiary/aromatic N) is 1. The molecule has 0 saturated carbocycles. The highest BCUT2D eigenvalue weighted by Gasteiger charge is 2.04. The number of hydrogen-bond donors (Lipinski definition) is 1. The van der Waals surface area contributed by atoms with Crippen LogP contribution < -0.4 is 0 Å². The van der Waals surface area contributed by atoms with Gasteiger partial charge in [0.05, 0.1) is 5.52 Å². The number of aliphatic hydroxyl groups excluding tert-OH is 1. The van der Waals surface area contributed by atoms with Crippen LogP contribution in [-0.4, -0.2) is 9.67 Å². The summed E-state index contributed by atoms with van der Waals surface area (Å²) in [6.07, 6.45) is 2.71. The van der Waals surface area contributed by atoms with Gasteiger partial charge >= 0.3 is 0 Å². The zero-order valence-electron chi connectivity index (χ0n) is 7.40. The molecule has 1 radical (unpaired) electrons. The fourth-order valence-electron chi connectivity index (χ4n) is 1.64. The van der Waals surface area contributed by atoms with Crippen molar-refractivity contribution in [1.82, 2.24) is 4.57 Å². The van der Waals surface area contributed by atoms with Crippen molar-refractivity contribution in [2.75, 3.05) is 0 Å². The first kappa shape index (κ1) is 8.32. The SMILES string of the molecule is [CH2]Cc1cn(CO)c2ccccc12. The standard InChI is InChI=1S/C11H12NO/c1-2-9-7-12(8-13)11-6-4-3-5-10(9)11/h3-7,13H,1-2,8H2. The molecule has 0 aliphatic rings. The van der Waals surface area contributed by atoms with Gasteiger partial charge in [0.15, 0.2) is 0 Å². The Morgan fingerprint density at radius 2 is 2.08 bits per heavy atom. The van der Waals surface area contributed by atoms with Gasteiger partial charge in [0.25, 0.3) is 0 Å². The van der Waals surface area contributed by atoms with Gasteiger partial charge in [-0.05, 0) is 25.0 Å². The van der Waals surface area contributed by atoms with Crippen molar-refractivity contribution in [2.24, 2.45) is 0 Å². The van der Waals surface area contributed by atoms with Gasteiger partial charge < -0.3 is 9.67 Å². The van der Waals surface area contributed by atoms with Crippen LogP contribution >= 0.6 is 0 Å². The highest BCUT2D eigenvalue weighted by Crippen LogP contribution is 2.20. The summed E-state index contributed by atoms with van der Waals surface area (Å²) in [6, 6.07) is 8.04. The van der Waals surface area contributed by atoms with Gasteiger partial charge in [-0.15, -0.1) is 0 Å². The monoisotopic (exact) mass is 174 g/mol. The van der Waals surface area contributed by atoms with E-state index in [1.807, 2.05) is 29.0 Å². The Labute approximate surface area is 77.4 Å². The molecule has 2 rings (SSSR count). The van der Waals surface area contributed by atoms with Crippen molar-refractivity contribution in [3.8, 4) is 0 Å². The summed E-state index contributed by atoms with van der Waals surface area (Å²) < 4.78 is 1.83. The molecule has 0 unspecified atom stereocenters. The third-order valence-electron chi connectivity index (χ3n) is 2.29. The van der Waals surface area contributed by atoms with Crippen molar-refractivity contribution in [1.29, 1.82) is 0 Å². The number of para-hydroxylation sites is 1.